The lowest BCUT2D eigenvalue weighted by Crippen LogP contribution is -2.15. The van der Waals surface area contributed by atoms with Crippen LogP contribution in [0.15, 0.2) is 28.9 Å². The number of nitrogens with one attached hydrogen (secondary N) is 1. The summed E-state index contributed by atoms with van der Waals surface area (Å²) in [5.74, 6) is -0.163. The Hall–Kier alpha value is -1.04. The Bertz CT molecular complexity index is 603. The minimum Gasteiger partial charge on any atom is -0.323 e. The van der Waals surface area contributed by atoms with Crippen molar-refractivity contribution in [1.29, 1.82) is 0 Å². The summed E-state index contributed by atoms with van der Waals surface area (Å²) < 4.78 is 2.64. The van der Waals surface area contributed by atoms with Gasteiger partial charge >= 0.3 is 0 Å². The monoisotopic (exact) mass is 375 g/mol. The van der Waals surface area contributed by atoms with Crippen LogP contribution in [0.1, 0.15) is 12.1 Å². The predicted octanol–water partition coefficient (Wildman–Crippen LogP) is 4.29. The van der Waals surface area contributed by atoms with Gasteiger partial charge in [0.2, 0.25) is 5.91 Å². The first-order chi connectivity index (χ1) is 9.47. The number of rotatable bonds is 4. The van der Waals surface area contributed by atoms with E-state index in [9.17, 15) is 4.79 Å². The van der Waals surface area contributed by atoms with Crippen LogP contribution in [0.3, 0.4) is 0 Å². The highest BCUT2D eigenvalue weighted by atomic mass is 79.9. The molecule has 2 rings (SSSR count). The van der Waals surface area contributed by atoms with Crippen LogP contribution in [0, 0.1) is 6.92 Å². The lowest BCUT2D eigenvalue weighted by atomic mass is 10.3. The molecule has 0 saturated heterocycles. The van der Waals surface area contributed by atoms with Crippen LogP contribution in [-0.4, -0.2) is 15.7 Å². The van der Waals surface area contributed by atoms with E-state index in [1.54, 1.807) is 22.9 Å². The fourth-order valence-electron chi connectivity index (χ4n) is 1.64. The molecule has 106 valence electrons. The topological polar surface area (TPSA) is 46.9 Å². The molecule has 0 unspecified atom stereocenters. The zero-order valence-electron chi connectivity index (χ0n) is 10.7. The summed E-state index contributed by atoms with van der Waals surface area (Å²) in [7, 11) is 0. The number of para-hydroxylation sites is 1. The lowest BCUT2D eigenvalue weighted by molar-refractivity contribution is -0.116. The minimum absolute atomic E-state index is 0.163. The quantitative estimate of drug-likeness (QED) is 0.865. The number of amides is 1. The third kappa shape index (κ3) is 3.75. The van der Waals surface area contributed by atoms with Crippen molar-refractivity contribution in [3.8, 4) is 0 Å². The van der Waals surface area contributed by atoms with Crippen LogP contribution < -0.4 is 5.32 Å². The zero-order chi connectivity index (χ0) is 14.7. The first kappa shape index (κ1) is 15.4. The van der Waals surface area contributed by atoms with Crippen LogP contribution in [0.2, 0.25) is 10.0 Å². The number of halogens is 3. The number of carbonyl (C=O) groups excluding carboxylic acids is 1. The van der Waals surface area contributed by atoms with E-state index in [0.29, 0.717) is 22.3 Å². The van der Waals surface area contributed by atoms with Gasteiger partial charge in [-0.2, -0.15) is 5.10 Å². The molecule has 1 heterocycles. The molecule has 1 aromatic heterocycles. The normalized spacial score (nSPS) is 10.6. The number of hydrogen-bond acceptors (Lipinski definition) is 2. The molecule has 0 bridgehead atoms. The smallest absolute Gasteiger partial charge is 0.226 e. The third-order valence-electron chi connectivity index (χ3n) is 2.68. The molecule has 1 N–H and O–H groups in total. The summed E-state index contributed by atoms with van der Waals surface area (Å²) in [6, 6.07) is 5.08. The fourth-order valence-corrected chi connectivity index (χ4v) is 2.45. The van der Waals surface area contributed by atoms with Gasteiger partial charge in [0.15, 0.2) is 0 Å². The number of carbonyl (C=O) groups is 1. The number of benzene rings is 1. The van der Waals surface area contributed by atoms with Gasteiger partial charge in [0.05, 0.1) is 25.9 Å². The predicted molar refractivity (Wildman–Crippen MR) is 84.4 cm³/mol. The van der Waals surface area contributed by atoms with Gasteiger partial charge in [0.1, 0.15) is 0 Å². The van der Waals surface area contributed by atoms with E-state index < -0.39 is 0 Å². The van der Waals surface area contributed by atoms with Crippen LogP contribution in [-0.2, 0) is 11.3 Å². The standard InChI is InChI=1S/C13H12BrCl2N3O/c1-8-9(14)7-19(18-8)6-5-12(20)17-13-10(15)3-2-4-11(13)16/h2-4,7H,5-6H2,1H3,(H,17,20). The second-order valence-electron chi connectivity index (χ2n) is 4.22. The molecule has 1 aromatic carbocycles. The van der Waals surface area contributed by atoms with Crippen molar-refractivity contribution in [1.82, 2.24) is 9.78 Å². The molecule has 0 aliphatic heterocycles. The van der Waals surface area contributed by atoms with Crippen LogP contribution in [0.25, 0.3) is 0 Å². The van der Waals surface area contributed by atoms with Crippen LogP contribution in [0.4, 0.5) is 5.69 Å². The fraction of sp³-hybridized carbons (Fsp3) is 0.231. The largest absolute Gasteiger partial charge is 0.323 e. The van der Waals surface area contributed by atoms with Crippen molar-refractivity contribution in [3.63, 3.8) is 0 Å². The van der Waals surface area contributed by atoms with E-state index >= 15 is 0 Å². The maximum atomic E-state index is 11.9. The second kappa shape index (κ2) is 6.61. The van der Waals surface area contributed by atoms with Crippen LogP contribution >= 0.6 is 39.1 Å². The van der Waals surface area contributed by atoms with Gasteiger partial charge in [0, 0.05) is 19.2 Å². The second-order valence-corrected chi connectivity index (χ2v) is 5.89. The van der Waals surface area contributed by atoms with Crippen molar-refractivity contribution in [2.24, 2.45) is 0 Å². The molecule has 4 nitrogen and oxygen atoms in total. The Balaban J connectivity index is 1.96. The molecule has 1 amide bonds. The summed E-state index contributed by atoms with van der Waals surface area (Å²) in [6.45, 7) is 2.38. The van der Waals surface area contributed by atoms with E-state index in [1.165, 1.54) is 0 Å². The van der Waals surface area contributed by atoms with E-state index in [4.69, 9.17) is 23.2 Å². The van der Waals surface area contributed by atoms with Crippen LogP contribution in [0.5, 0.6) is 0 Å². The molecule has 0 saturated carbocycles. The summed E-state index contributed by atoms with van der Waals surface area (Å²) in [5, 5.41) is 7.82. The van der Waals surface area contributed by atoms with Gasteiger partial charge < -0.3 is 5.32 Å². The molecule has 0 aliphatic carbocycles. The highest BCUT2D eigenvalue weighted by Crippen LogP contribution is 2.29. The first-order valence-corrected chi connectivity index (χ1v) is 7.45. The summed E-state index contributed by atoms with van der Waals surface area (Å²) in [4.78, 5) is 11.9. The molecule has 0 fully saturated rings. The first-order valence-electron chi connectivity index (χ1n) is 5.91. The SMILES string of the molecule is Cc1nn(CCC(=O)Nc2c(Cl)cccc2Cl)cc1Br. The van der Waals surface area contributed by atoms with E-state index in [2.05, 4.69) is 26.3 Å². The molecular formula is C13H12BrCl2N3O. The number of anilines is 1. The molecular weight excluding hydrogens is 365 g/mol. The molecule has 0 radical (unpaired) electrons. The van der Waals surface area contributed by atoms with Crippen molar-refractivity contribution in [2.45, 2.75) is 19.9 Å². The maximum Gasteiger partial charge on any atom is 0.226 e. The molecule has 7 heteroatoms. The molecule has 0 atom stereocenters. The average Bonchev–Trinajstić information content (AvgIpc) is 2.71. The number of aryl methyl sites for hydroxylation is 2. The maximum absolute atomic E-state index is 11.9. The van der Waals surface area contributed by atoms with Gasteiger partial charge in [-0.25, -0.2) is 0 Å². The Morgan fingerprint density at radius 3 is 2.60 bits per heavy atom. The van der Waals surface area contributed by atoms with Crippen molar-refractivity contribution < 1.29 is 4.79 Å². The Morgan fingerprint density at radius 2 is 2.05 bits per heavy atom. The van der Waals surface area contributed by atoms with E-state index in [1.807, 2.05) is 13.1 Å². The lowest BCUT2D eigenvalue weighted by Gasteiger charge is -2.09. The number of hydrogen-bond donors (Lipinski definition) is 1. The van der Waals surface area contributed by atoms with Crippen molar-refractivity contribution in [3.05, 3.63) is 44.6 Å². The van der Waals surface area contributed by atoms with Crippen molar-refractivity contribution >= 4 is 50.7 Å². The van der Waals surface area contributed by atoms with Gasteiger partial charge in [-0.3, -0.25) is 9.48 Å². The summed E-state index contributed by atoms with van der Waals surface area (Å²) in [5.41, 5.74) is 1.33. The van der Waals surface area contributed by atoms with Gasteiger partial charge in [-0.15, -0.1) is 0 Å². The summed E-state index contributed by atoms with van der Waals surface area (Å²) in [6.07, 6.45) is 2.13. The highest BCUT2D eigenvalue weighted by Gasteiger charge is 2.10. The van der Waals surface area contributed by atoms with E-state index in [0.717, 1.165) is 10.2 Å². The zero-order valence-corrected chi connectivity index (χ0v) is 13.8. The molecule has 2 aromatic rings. The van der Waals surface area contributed by atoms with Gasteiger partial charge in [0.25, 0.3) is 0 Å². The third-order valence-corrected chi connectivity index (χ3v) is 4.09. The highest BCUT2D eigenvalue weighted by molar-refractivity contribution is 9.10. The van der Waals surface area contributed by atoms with Gasteiger partial charge in [-0.05, 0) is 35.0 Å². The molecule has 0 spiro atoms. The average molecular weight is 377 g/mol. The number of nitrogens with zero attached hydrogens (tertiary/aromatic N) is 2. The Morgan fingerprint density at radius 1 is 1.40 bits per heavy atom. The minimum atomic E-state index is -0.163. The molecule has 20 heavy (non-hydrogen) atoms. The number of aromatic nitrogens is 2. The molecule has 0 aliphatic rings. The van der Waals surface area contributed by atoms with Gasteiger partial charge in [-0.1, -0.05) is 29.3 Å². The van der Waals surface area contributed by atoms with E-state index in [-0.39, 0.29) is 12.3 Å². The Labute approximate surface area is 135 Å². The van der Waals surface area contributed by atoms with Crippen molar-refractivity contribution in [2.75, 3.05) is 5.32 Å². The summed E-state index contributed by atoms with van der Waals surface area (Å²) >= 11 is 15.4. The Kier molecular flexibility index (Phi) is 5.07.